The van der Waals surface area contributed by atoms with E-state index in [0.29, 0.717) is 27.5 Å². The van der Waals surface area contributed by atoms with Crippen molar-refractivity contribution >= 4 is 54.3 Å². The summed E-state index contributed by atoms with van der Waals surface area (Å²) < 4.78 is 122. The second-order valence-electron chi connectivity index (χ2n) is 11.8. The fourth-order valence-electron chi connectivity index (χ4n) is 6.75. The maximum atomic E-state index is 9.74. The summed E-state index contributed by atoms with van der Waals surface area (Å²) in [4.78, 5) is 0. The smallest absolute Gasteiger partial charge is 0.143 e. The quantitative estimate of drug-likeness (QED) is 0.175. The first-order valence-corrected chi connectivity index (χ1v) is 15.8. The highest BCUT2D eigenvalue weighted by Crippen LogP contribution is 2.45. The fourth-order valence-corrected chi connectivity index (χ4v) is 6.75. The second-order valence-corrected chi connectivity index (χ2v) is 11.8. The van der Waals surface area contributed by atoms with Crippen LogP contribution < -0.4 is 0 Å². The van der Waals surface area contributed by atoms with Crippen molar-refractivity contribution in [3.05, 3.63) is 182 Å². The third-order valence-corrected chi connectivity index (χ3v) is 9.02. The van der Waals surface area contributed by atoms with Crippen LogP contribution >= 0.6 is 0 Å². The average molecular weight is 636 g/mol. The van der Waals surface area contributed by atoms with E-state index in [9.17, 15) is 4.11 Å². The lowest BCUT2D eigenvalue weighted by Crippen LogP contribution is -1.91. The van der Waals surface area contributed by atoms with Gasteiger partial charge in [0.15, 0.2) is 0 Å². The van der Waals surface area contributed by atoms with E-state index < -0.39 is 36.3 Å². The molecule has 9 aromatic carbocycles. The van der Waals surface area contributed by atoms with E-state index in [2.05, 4.69) is 0 Å². The van der Waals surface area contributed by atoms with Crippen LogP contribution in [-0.4, -0.2) is 0 Å². The molecule has 0 bridgehead atoms. The normalized spacial score (nSPS) is 15.4. The van der Waals surface area contributed by atoms with E-state index in [1.165, 1.54) is 0 Å². The van der Waals surface area contributed by atoms with E-state index in [-0.39, 0.29) is 91.7 Å². The van der Waals surface area contributed by atoms with Gasteiger partial charge < -0.3 is 4.42 Å². The molecule has 0 aliphatic carbocycles. The first-order chi connectivity index (χ1) is 29.7. The first-order valence-electron chi connectivity index (χ1n) is 22.3. The molecule has 0 radical (unpaired) electrons. The predicted molar refractivity (Wildman–Crippen MR) is 208 cm³/mol. The summed E-state index contributed by atoms with van der Waals surface area (Å²) in [7, 11) is 0. The molecule has 0 saturated heterocycles. The van der Waals surface area contributed by atoms with Gasteiger partial charge in [-0.05, 0) is 89.6 Å². The van der Waals surface area contributed by atoms with Crippen LogP contribution in [0.25, 0.3) is 98.8 Å². The van der Waals surface area contributed by atoms with E-state index in [0.717, 1.165) is 21.9 Å². The van der Waals surface area contributed by atoms with Crippen molar-refractivity contribution in [3.63, 3.8) is 0 Å². The molecule has 0 amide bonds. The molecule has 0 unspecified atom stereocenters. The van der Waals surface area contributed by atoms with Crippen molar-refractivity contribution < 1.29 is 22.2 Å². The van der Waals surface area contributed by atoms with Crippen LogP contribution in [0.3, 0.4) is 0 Å². The van der Waals surface area contributed by atoms with Gasteiger partial charge in [0.25, 0.3) is 0 Å². The van der Waals surface area contributed by atoms with Crippen LogP contribution in [-0.2, 0) is 0 Å². The lowest BCUT2D eigenvalue weighted by molar-refractivity contribution is 0.672. The molecule has 0 aliphatic rings. The van der Waals surface area contributed by atoms with E-state index in [1.807, 2.05) is 66.7 Å². The van der Waals surface area contributed by atoms with Gasteiger partial charge in [0, 0.05) is 16.2 Å². The minimum atomic E-state index is -0.564. The number of hydrogen-bond donors (Lipinski definition) is 0. The number of furan rings is 1. The molecular formula is C48H30O. The van der Waals surface area contributed by atoms with Gasteiger partial charge in [0.05, 0.1) is 17.8 Å². The lowest BCUT2D eigenvalue weighted by atomic mass is 9.85. The summed E-state index contributed by atoms with van der Waals surface area (Å²) >= 11 is 0. The van der Waals surface area contributed by atoms with Gasteiger partial charge in [-0.1, -0.05) is 164 Å². The van der Waals surface area contributed by atoms with Gasteiger partial charge in [-0.3, -0.25) is 0 Å². The standard InChI is InChI=1S/C48H30O/c1-2-10-31(11-3-1)32-18-20-33(21-19-32)34-22-24-36(25-23-34)46-39-14-6-8-16-41(39)47(42-17-9-7-15-40(42)46)37-27-29-45-44(30-37)43-28-26-35-12-4-5-13-38(35)48(43)49-45/h1-30H/i4D,5D,12D,13D,18D,19D,20D,21D,26D,27D,28D,29D,30D. The zero-order valence-electron chi connectivity index (χ0n) is 38.7. The molecule has 10 rings (SSSR count). The summed E-state index contributed by atoms with van der Waals surface area (Å²) in [6, 6.07) is 26.7. The van der Waals surface area contributed by atoms with Gasteiger partial charge in [0.1, 0.15) is 11.2 Å². The zero-order chi connectivity index (χ0) is 43.6. The molecule has 1 heteroatoms. The van der Waals surface area contributed by atoms with Crippen LogP contribution in [0.4, 0.5) is 0 Å². The van der Waals surface area contributed by atoms with Crippen molar-refractivity contribution in [1.29, 1.82) is 0 Å². The van der Waals surface area contributed by atoms with Crippen molar-refractivity contribution in [2.45, 2.75) is 0 Å². The van der Waals surface area contributed by atoms with Gasteiger partial charge >= 0.3 is 0 Å². The molecule has 0 atom stereocenters. The van der Waals surface area contributed by atoms with Crippen LogP contribution in [0.2, 0.25) is 0 Å². The summed E-state index contributed by atoms with van der Waals surface area (Å²) in [6.45, 7) is 0. The summed E-state index contributed by atoms with van der Waals surface area (Å²) in [5.41, 5.74) is 3.31. The Bertz CT molecular complexity index is 3510. The van der Waals surface area contributed by atoms with Gasteiger partial charge in [0.2, 0.25) is 0 Å². The van der Waals surface area contributed by atoms with Crippen LogP contribution in [0.1, 0.15) is 17.8 Å². The third-order valence-electron chi connectivity index (χ3n) is 9.02. The van der Waals surface area contributed by atoms with E-state index in [4.69, 9.17) is 18.1 Å². The number of benzene rings is 9. The first kappa shape index (κ1) is 17.6. The van der Waals surface area contributed by atoms with Crippen molar-refractivity contribution in [2.24, 2.45) is 0 Å². The molecule has 49 heavy (non-hydrogen) atoms. The van der Waals surface area contributed by atoms with Crippen LogP contribution in [0.5, 0.6) is 0 Å². The Morgan fingerprint density at radius 1 is 0.347 bits per heavy atom. The molecule has 1 nitrogen and oxygen atoms in total. The minimum Gasteiger partial charge on any atom is -0.455 e. The van der Waals surface area contributed by atoms with Crippen molar-refractivity contribution in [1.82, 2.24) is 0 Å². The minimum absolute atomic E-state index is 0.0114. The molecule has 0 saturated carbocycles. The summed E-state index contributed by atoms with van der Waals surface area (Å²) in [5, 5.41) is 2.41. The summed E-state index contributed by atoms with van der Waals surface area (Å²) in [5.74, 6) is 0. The van der Waals surface area contributed by atoms with Gasteiger partial charge in [-0.2, -0.15) is 0 Å². The number of rotatable bonds is 4. The molecule has 1 aromatic heterocycles. The molecule has 228 valence electrons. The topological polar surface area (TPSA) is 13.1 Å². The molecular weight excluding hydrogens is 593 g/mol. The molecule has 0 N–H and O–H groups in total. The molecule has 10 aromatic rings. The Morgan fingerprint density at radius 3 is 1.53 bits per heavy atom. The Kier molecular flexibility index (Phi) is 3.99. The SMILES string of the molecule is [2H]c1c([2H])c(-c2ccc(-c3c4ccccc4c(-c4c([2H])c([2H])c5oc6c7c([2H])c([2H])c([2H])c([2H])c7c([2H])c([2H])c6c5c4[2H])c4ccccc34)cc2)c([2H])c([2H])c1-c1ccccc1. The molecule has 0 aliphatic heterocycles. The van der Waals surface area contributed by atoms with E-state index >= 15 is 0 Å². The fraction of sp³-hybridized carbons (Fsp3) is 0. The largest absolute Gasteiger partial charge is 0.455 e. The van der Waals surface area contributed by atoms with E-state index in [1.54, 1.807) is 36.4 Å². The van der Waals surface area contributed by atoms with Crippen LogP contribution in [0, 0.1) is 0 Å². The maximum Gasteiger partial charge on any atom is 0.143 e. The monoisotopic (exact) mass is 635 g/mol. The van der Waals surface area contributed by atoms with Gasteiger partial charge in [-0.15, -0.1) is 0 Å². The molecule has 1 heterocycles. The zero-order valence-corrected chi connectivity index (χ0v) is 25.7. The Hall–Kier alpha value is -6.44. The van der Waals surface area contributed by atoms with Gasteiger partial charge in [-0.25, -0.2) is 0 Å². The van der Waals surface area contributed by atoms with Crippen molar-refractivity contribution in [3.8, 4) is 44.5 Å². The highest BCUT2D eigenvalue weighted by atomic mass is 16.3. The maximum absolute atomic E-state index is 9.74. The molecule has 0 spiro atoms. The Labute approximate surface area is 302 Å². The highest BCUT2D eigenvalue weighted by Gasteiger charge is 2.18. The number of hydrogen-bond acceptors (Lipinski definition) is 1. The van der Waals surface area contributed by atoms with Crippen LogP contribution in [0.15, 0.2) is 186 Å². The lowest BCUT2D eigenvalue weighted by Gasteiger charge is -2.18. The Morgan fingerprint density at radius 2 is 0.878 bits per heavy atom. The highest BCUT2D eigenvalue weighted by molar-refractivity contribution is 6.22. The average Bonchev–Trinajstić information content (AvgIpc) is 3.69. The number of fused-ring (bicyclic) bond motifs is 7. The summed E-state index contributed by atoms with van der Waals surface area (Å²) in [6.07, 6.45) is 0. The molecule has 0 fully saturated rings. The van der Waals surface area contributed by atoms with Crippen molar-refractivity contribution in [2.75, 3.05) is 0 Å². The predicted octanol–water partition coefficient (Wildman–Crippen LogP) is 13.7. The third kappa shape index (κ3) is 4.47. The second kappa shape index (κ2) is 11.1. The Balaban J connectivity index is 1.22.